The van der Waals surface area contributed by atoms with Crippen LogP contribution >= 0.6 is 17.0 Å². The predicted molar refractivity (Wildman–Crippen MR) is 103 cm³/mol. The fourth-order valence-electron chi connectivity index (χ4n) is 2.26. The zero-order valence-electron chi connectivity index (χ0n) is 13.6. The number of nitrogens with one attached hydrogen (secondary N) is 2. The first-order valence-electron chi connectivity index (χ1n) is 7.60. The monoisotopic (exact) mass is 463 g/mol. The van der Waals surface area contributed by atoms with Gasteiger partial charge in [-0.05, 0) is 29.8 Å². The van der Waals surface area contributed by atoms with Crippen molar-refractivity contribution in [3.63, 3.8) is 0 Å². The number of carbonyl (C=O) groups excluding carboxylic acids is 2. The van der Waals surface area contributed by atoms with Gasteiger partial charge in [0.2, 0.25) is 5.91 Å². The minimum absolute atomic E-state index is 0.306. The molecule has 0 bridgehead atoms. The van der Waals surface area contributed by atoms with Crippen LogP contribution in [0, 0.1) is 0 Å². The van der Waals surface area contributed by atoms with E-state index < -0.39 is 20.8 Å². The molecule has 0 radical (unpaired) electrons. The summed E-state index contributed by atoms with van der Waals surface area (Å²) in [7, 11) is 9.87. The first kappa shape index (κ1) is 20.5. The van der Waals surface area contributed by atoms with Gasteiger partial charge in [0.15, 0.2) is 5.91 Å². The zero-order valence-corrected chi connectivity index (χ0v) is 17.5. The van der Waals surface area contributed by atoms with Crippen molar-refractivity contribution in [3.8, 4) is 0 Å². The molecule has 2 N–H and O–H groups in total. The summed E-state index contributed by atoms with van der Waals surface area (Å²) in [6.07, 6.45) is 0. The van der Waals surface area contributed by atoms with Gasteiger partial charge in [0.1, 0.15) is 0 Å². The van der Waals surface area contributed by atoms with E-state index in [1.807, 2.05) is 36.4 Å². The molecule has 0 aliphatic rings. The van der Waals surface area contributed by atoms with Crippen molar-refractivity contribution in [2.75, 3.05) is 10.6 Å². The molecule has 3 rings (SSSR count). The van der Waals surface area contributed by atoms with Crippen molar-refractivity contribution >= 4 is 40.2 Å². The molecule has 3 aromatic rings. The predicted octanol–water partition coefficient (Wildman–Crippen LogP) is 5.29. The summed E-state index contributed by atoms with van der Waals surface area (Å²) in [6.45, 7) is 0. The molecule has 0 saturated carbocycles. The van der Waals surface area contributed by atoms with Crippen molar-refractivity contribution in [2.24, 2.45) is 0 Å². The summed E-state index contributed by atoms with van der Waals surface area (Å²) >= 11 is -0.826. The van der Waals surface area contributed by atoms with Crippen LogP contribution in [0.15, 0.2) is 78.9 Å². The number of halogens is 2. The SMILES string of the molecule is O=C(Nc1ccccc1)c1ccc[c-]1C(=O)Nc1ccccc1.[Cl][Zr][Cl]. The summed E-state index contributed by atoms with van der Waals surface area (Å²) < 4.78 is 0. The Morgan fingerprint density at radius 3 is 1.81 bits per heavy atom. The molecular weight excluding hydrogens is 450 g/mol. The van der Waals surface area contributed by atoms with Gasteiger partial charge in [-0.15, -0.1) is 6.07 Å². The Bertz CT molecular complexity index is 771. The van der Waals surface area contributed by atoms with Crippen molar-refractivity contribution < 1.29 is 30.4 Å². The van der Waals surface area contributed by atoms with Gasteiger partial charge < -0.3 is 15.4 Å². The fourth-order valence-corrected chi connectivity index (χ4v) is 2.26. The molecule has 3 aromatic carbocycles. The molecule has 0 aromatic heterocycles. The summed E-state index contributed by atoms with van der Waals surface area (Å²) in [5, 5.41) is 5.57. The van der Waals surface area contributed by atoms with Crippen molar-refractivity contribution in [1.29, 1.82) is 0 Å². The minimum atomic E-state index is -0.826. The summed E-state index contributed by atoms with van der Waals surface area (Å²) in [5.41, 5.74) is 2.07. The molecule has 0 heterocycles. The topological polar surface area (TPSA) is 58.2 Å². The first-order chi connectivity index (χ1) is 12.7. The van der Waals surface area contributed by atoms with E-state index in [4.69, 9.17) is 17.0 Å². The number of hydrogen-bond donors (Lipinski definition) is 2. The van der Waals surface area contributed by atoms with Gasteiger partial charge in [-0.25, -0.2) is 0 Å². The van der Waals surface area contributed by atoms with Crippen molar-refractivity contribution in [1.82, 2.24) is 0 Å². The number of anilines is 2. The number of amides is 2. The average molecular weight is 465 g/mol. The summed E-state index contributed by atoms with van der Waals surface area (Å²) in [6, 6.07) is 23.2. The Balaban J connectivity index is 0.000000758. The van der Waals surface area contributed by atoms with Crippen LogP contribution in [-0.2, 0) is 20.8 Å². The number of rotatable bonds is 4. The van der Waals surface area contributed by atoms with E-state index in [9.17, 15) is 9.59 Å². The molecule has 0 spiro atoms. The standard InChI is InChI=1S/C19H15N2O2.2ClH.Zr/c22-18(20-14-8-3-1-4-9-14)16-12-7-13-17(16)19(23)21-15-10-5-2-6-11-15;;;/h1-13H,(H,20,22)(H,21,23);2*1H;/q-1;;;+2/p-2. The number of hydrogen-bond acceptors (Lipinski definition) is 2. The van der Waals surface area contributed by atoms with Crippen LogP contribution in [0.3, 0.4) is 0 Å². The van der Waals surface area contributed by atoms with Crippen LogP contribution in [0.25, 0.3) is 0 Å². The van der Waals surface area contributed by atoms with E-state index >= 15 is 0 Å². The second-order valence-electron chi connectivity index (χ2n) is 5.06. The quantitative estimate of drug-likeness (QED) is 0.515. The molecule has 7 heteroatoms. The Kier molecular flexibility index (Phi) is 8.69. The van der Waals surface area contributed by atoms with Crippen LogP contribution in [0.4, 0.5) is 11.4 Å². The Morgan fingerprint density at radius 2 is 1.27 bits per heavy atom. The van der Waals surface area contributed by atoms with Crippen LogP contribution < -0.4 is 10.6 Å². The Labute approximate surface area is 170 Å². The Morgan fingerprint density at radius 1 is 0.769 bits per heavy atom. The first-order valence-corrected chi connectivity index (χ1v) is 13.9. The molecule has 132 valence electrons. The molecule has 0 aliphatic carbocycles. The maximum absolute atomic E-state index is 12.4. The molecule has 2 amide bonds. The average Bonchev–Trinajstić information content (AvgIpc) is 3.14. The van der Waals surface area contributed by atoms with E-state index in [1.54, 1.807) is 42.5 Å². The van der Waals surface area contributed by atoms with Crippen molar-refractivity contribution in [2.45, 2.75) is 0 Å². The van der Waals surface area contributed by atoms with Gasteiger partial charge in [0, 0.05) is 11.4 Å². The van der Waals surface area contributed by atoms with Gasteiger partial charge in [0.05, 0.1) is 0 Å². The zero-order chi connectivity index (χ0) is 18.8. The normalized spacial score (nSPS) is 9.46. The Hall–Kier alpha value is -1.81. The fraction of sp³-hybridized carbons (Fsp3) is 0. The van der Waals surface area contributed by atoms with Crippen LogP contribution in [0.2, 0.25) is 0 Å². The van der Waals surface area contributed by atoms with Crippen molar-refractivity contribution in [3.05, 3.63) is 90.0 Å². The van der Waals surface area contributed by atoms with Gasteiger partial charge in [-0.2, -0.15) is 12.1 Å². The second kappa shape index (κ2) is 11.0. The van der Waals surface area contributed by atoms with Gasteiger partial charge in [-0.3, -0.25) is 4.79 Å². The molecule has 4 nitrogen and oxygen atoms in total. The van der Waals surface area contributed by atoms with E-state index in [0.717, 1.165) is 0 Å². The van der Waals surface area contributed by atoms with Gasteiger partial charge in [-0.1, -0.05) is 42.0 Å². The van der Waals surface area contributed by atoms with E-state index in [1.165, 1.54) is 0 Å². The van der Waals surface area contributed by atoms with Gasteiger partial charge >= 0.3 is 37.9 Å². The molecule has 0 fully saturated rings. The molecule has 0 atom stereocenters. The second-order valence-corrected chi connectivity index (χ2v) is 8.80. The van der Waals surface area contributed by atoms with E-state index in [-0.39, 0.29) is 11.8 Å². The molecule has 26 heavy (non-hydrogen) atoms. The maximum atomic E-state index is 12.4. The number of carbonyl (C=O) groups is 2. The number of para-hydroxylation sites is 2. The molecular formula is C19H15Cl2N2O2Zr-. The summed E-state index contributed by atoms with van der Waals surface area (Å²) in [5.74, 6) is -0.612. The third-order valence-corrected chi connectivity index (χ3v) is 3.37. The third-order valence-electron chi connectivity index (χ3n) is 3.37. The van der Waals surface area contributed by atoms with E-state index in [0.29, 0.717) is 22.5 Å². The third kappa shape index (κ3) is 6.17. The van der Waals surface area contributed by atoms with Crippen LogP contribution in [0.5, 0.6) is 0 Å². The van der Waals surface area contributed by atoms with Crippen LogP contribution in [-0.4, -0.2) is 11.8 Å². The molecule has 0 saturated heterocycles. The van der Waals surface area contributed by atoms with E-state index in [2.05, 4.69) is 10.6 Å². The van der Waals surface area contributed by atoms with Gasteiger partial charge in [0.25, 0.3) is 0 Å². The molecule has 0 aliphatic heterocycles. The number of benzene rings is 2. The van der Waals surface area contributed by atoms with Crippen LogP contribution in [0.1, 0.15) is 20.7 Å². The summed E-state index contributed by atoms with van der Waals surface area (Å²) in [4.78, 5) is 24.7. The molecule has 0 unspecified atom stereocenters.